The van der Waals surface area contributed by atoms with Gasteiger partial charge in [-0.3, -0.25) is 4.79 Å². The third-order valence-corrected chi connectivity index (χ3v) is 2.96. The van der Waals surface area contributed by atoms with Crippen molar-refractivity contribution < 1.29 is 9.53 Å². The molecule has 0 aromatic carbocycles. The first kappa shape index (κ1) is 9.68. The van der Waals surface area contributed by atoms with Gasteiger partial charge in [-0.05, 0) is 24.3 Å². The van der Waals surface area contributed by atoms with Crippen LogP contribution in [0, 0.1) is 0 Å². The molecule has 1 atom stereocenters. The van der Waals surface area contributed by atoms with Crippen molar-refractivity contribution in [3.63, 3.8) is 0 Å². The summed E-state index contributed by atoms with van der Waals surface area (Å²) in [5, 5.41) is 6.73. The number of rotatable bonds is 2. The number of carbonyl (C=O) groups is 1. The van der Waals surface area contributed by atoms with Crippen LogP contribution in [-0.2, 0) is 4.74 Å². The average Bonchev–Trinajstić information content (AvgIpc) is 2.72. The van der Waals surface area contributed by atoms with Gasteiger partial charge in [0.05, 0.1) is 12.6 Å². The van der Waals surface area contributed by atoms with E-state index < -0.39 is 0 Å². The van der Waals surface area contributed by atoms with Gasteiger partial charge in [-0.2, -0.15) is 11.3 Å². The molecule has 0 radical (unpaired) electrons. The van der Waals surface area contributed by atoms with Gasteiger partial charge in [-0.15, -0.1) is 0 Å². The molecule has 2 heterocycles. The van der Waals surface area contributed by atoms with Crippen molar-refractivity contribution in [3.05, 3.63) is 22.4 Å². The van der Waals surface area contributed by atoms with Crippen molar-refractivity contribution in [1.82, 2.24) is 5.32 Å². The summed E-state index contributed by atoms with van der Waals surface area (Å²) in [5.41, 5.74) is 0.751. The Morgan fingerprint density at radius 1 is 1.64 bits per heavy atom. The molecular formula is C10H13NO2S. The molecule has 0 saturated carbocycles. The molecule has 1 fully saturated rings. The van der Waals surface area contributed by atoms with Gasteiger partial charge >= 0.3 is 0 Å². The number of thiophene rings is 1. The van der Waals surface area contributed by atoms with Crippen molar-refractivity contribution in [3.8, 4) is 0 Å². The minimum Gasteiger partial charge on any atom is -0.379 e. The van der Waals surface area contributed by atoms with Gasteiger partial charge in [0.1, 0.15) is 0 Å². The zero-order chi connectivity index (χ0) is 9.80. The van der Waals surface area contributed by atoms with Crippen molar-refractivity contribution in [1.29, 1.82) is 0 Å². The minimum atomic E-state index is 0.0155. The molecule has 1 aromatic heterocycles. The zero-order valence-electron chi connectivity index (χ0n) is 7.86. The molecule has 0 aliphatic carbocycles. The van der Waals surface area contributed by atoms with Crippen molar-refractivity contribution in [2.24, 2.45) is 0 Å². The summed E-state index contributed by atoms with van der Waals surface area (Å²) in [4.78, 5) is 11.6. The molecule has 1 aliphatic heterocycles. The average molecular weight is 211 g/mol. The number of hydrogen-bond acceptors (Lipinski definition) is 3. The zero-order valence-corrected chi connectivity index (χ0v) is 8.68. The second-order valence-corrected chi connectivity index (χ2v) is 4.18. The Morgan fingerprint density at radius 3 is 3.21 bits per heavy atom. The molecule has 0 bridgehead atoms. The fourth-order valence-electron chi connectivity index (χ4n) is 1.52. The Kier molecular flexibility index (Phi) is 3.16. The summed E-state index contributed by atoms with van der Waals surface area (Å²) in [6.45, 7) is 1.47. The van der Waals surface area contributed by atoms with E-state index in [0.29, 0.717) is 6.61 Å². The number of ether oxygens (including phenoxy) is 1. The Labute approximate surface area is 87.1 Å². The normalized spacial score (nSPS) is 21.9. The van der Waals surface area contributed by atoms with Crippen LogP contribution >= 0.6 is 11.3 Å². The Bertz CT molecular complexity index is 291. The molecule has 2 rings (SSSR count). The molecule has 76 valence electrons. The lowest BCUT2D eigenvalue weighted by molar-refractivity contribution is 0.0624. The van der Waals surface area contributed by atoms with Crippen LogP contribution in [0.4, 0.5) is 0 Å². The van der Waals surface area contributed by atoms with E-state index in [2.05, 4.69) is 5.32 Å². The van der Waals surface area contributed by atoms with Gasteiger partial charge in [-0.1, -0.05) is 0 Å². The highest BCUT2D eigenvalue weighted by Crippen LogP contribution is 2.09. The van der Waals surface area contributed by atoms with E-state index in [-0.39, 0.29) is 11.9 Å². The van der Waals surface area contributed by atoms with Gasteiger partial charge in [-0.25, -0.2) is 0 Å². The summed E-state index contributed by atoms with van der Waals surface area (Å²) in [6.07, 6.45) is 2.06. The molecule has 1 N–H and O–H groups in total. The van der Waals surface area contributed by atoms with Gasteiger partial charge < -0.3 is 10.1 Å². The molecule has 14 heavy (non-hydrogen) atoms. The van der Waals surface area contributed by atoms with Crippen LogP contribution in [0.1, 0.15) is 23.2 Å². The summed E-state index contributed by atoms with van der Waals surface area (Å²) in [5.74, 6) is 0.0155. The van der Waals surface area contributed by atoms with Gasteiger partial charge in [0.15, 0.2) is 0 Å². The fraction of sp³-hybridized carbons (Fsp3) is 0.500. The van der Waals surface area contributed by atoms with E-state index in [1.807, 2.05) is 16.8 Å². The van der Waals surface area contributed by atoms with Crippen LogP contribution in [0.25, 0.3) is 0 Å². The predicted molar refractivity (Wildman–Crippen MR) is 55.6 cm³/mol. The predicted octanol–water partition coefficient (Wildman–Crippen LogP) is 1.66. The molecule has 1 saturated heterocycles. The maximum atomic E-state index is 11.6. The lowest BCUT2D eigenvalue weighted by Gasteiger charge is -2.22. The summed E-state index contributed by atoms with van der Waals surface area (Å²) >= 11 is 1.54. The molecule has 1 aliphatic rings. The number of amides is 1. The third-order valence-electron chi connectivity index (χ3n) is 2.28. The first-order chi connectivity index (χ1) is 6.86. The van der Waals surface area contributed by atoms with E-state index in [1.54, 1.807) is 0 Å². The standard InChI is InChI=1S/C10H13NO2S/c12-10(8-3-5-14-7-8)11-9-2-1-4-13-6-9/h3,5,7,9H,1-2,4,6H2,(H,11,12). The highest BCUT2D eigenvalue weighted by atomic mass is 32.1. The van der Waals surface area contributed by atoms with Crippen LogP contribution in [0.15, 0.2) is 16.8 Å². The maximum Gasteiger partial charge on any atom is 0.252 e. The number of hydrogen-bond donors (Lipinski definition) is 1. The highest BCUT2D eigenvalue weighted by Gasteiger charge is 2.16. The molecule has 1 unspecified atom stereocenters. The first-order valence-corrected chi connectivity index (χ1v) is 5.71. The molecular weight excluding hydrogens is 198 g/mol. The summed E-state index contributed by atoms with van der Waals surface area (Å²) in [7, 11) is 0. The highest BCUT2D eigenvalue weighted by molar-refractivity contribution is 7.08. The lowest BCUT2D eigenvalue weighted by atomic mass is 10.1. The van der Waals surface area contributed by atoms with E-state index >= 15 is 0 Å². The van der Waals surface area contributed by atoms with Crippen LogP contribution < -0.4 is 5.32 Å². The molecule has 4 heteroatoms. The second-order valence-electron chi connectivity index (χ2n) is 3.40. The molecule has 3 nitrogen and oxygen atoms in total. The van der Waals surface area contributed by atoms with E-state index in [1.165, 1.54) is 11.3 Å². The second kappa shape index (κ2) is 4.57. The van der Waals surface area contributed by atoms with Crippen molar-refractivity contribution >= 4 is 17.2 Å². The van der Waals surface area contributed by atoms with Crippen LogP contribution in [-0.4, -0.2) is 25.2 Å². The lowest BCUT2D eigenvalue weighted by Crippen LogP contribution is -2.40. The Morgan fingerprint density at radius 2 is 2.57 bits per heavy atom. The third kappa shape index (κ3) is 2.33. The van der Waals surface area contributed by atoms with E-state index in [0.717, 1.165) is 25.0 Å². The monoisotopic (exact) mass is 211 g/mol. The van der Waals surface area contributed by atoms with Crippen molar-refractivity contribution in [2.45, 2.75) is 18.9 Å². The van der Waals surface area contributed by atoms with Gasteiger partial charge in [0.2, 0.25) is 0 Å². The summed E-state index contributed by atoms with van der Waals surface area (Å²) < 4.78 is 5.29. The summed E-state index contributed by atoms with van der Waals surface area (Å²) in [6, 6.07) is 2.03. The van der Waals surface area contributed by atoms with E-state index in [4.69, 9.17) is 4.74 Å². The quantitative estimate of drug-likeness (QED) is 0.808. The van der Waals surface area contributed by atoms with Crippen LogP contribution in [0.2, 0.25) is 0 Å². The number of nitrogens with one attached hydrogen (secondary N) is 1. The van der Waals surface area contributed by atoms with Crippen LogP contribution in [0.3, 0.4) is 0 Å². The van der Waals surface area contributed by atoms with Gasteiger partial charge in [0.25, 0.3) is 5.91 Å². The largest absolute Gasteiger partial charge is 0.379 e. The topological polar surface area (TPSA) is 38.3 Å². The number of carbonyl (C=O) groups excluding carboxylic acids is 1. The maximum absolute atomic E-state index is 11.6. The first-order valence-electron chi connectivity index (χ1n) is 4.77. The minimum absolute atomic E-state index is 0.0155. The Hall–Kier alpha value is -0.870. The van der Waals surface area contributed by atoms with Gasteiger partial charge in [0, 0.05) is 17.6 Å². The molecule has 1 aromatic rings. The smallest absolute Gasteiger partial charge is 0.252 e. The molecule has 0 spiro atoms. The fourth-order valence-corrected chi connectivity index (χ4v) is 2.15. The SMILES string of the molecule is O=C(NC1CCCOC1)c1ccsc1. The molecule has 1 amide bonds. The van der Waals surface area contributed by atoms with Crippen LogP contribution in [0.5, 0.6) is 0 Å². The van der Waals surface area contributed by atoms with Crippen molar-refractivity contribution in [2.75, 3.05) is 13.2 Å². The Balaban J connectivity index is 1.87. The van der Waals surface area contributed by atoms with E-state index in [9.17, 15) is 4.79 Å².